The van der Waals surface area contributed by atoms with Gasteiger partial charge in [0, 0.05) is 47.8 Å². The predicted molar refractivity (Wildman–Crippen MR) is 450 cm³/mol. The summed E-state index contributed by atoms with van der Waals surface area (Å²) in [6, 6.07) is 56.7. The summed E-state index contributed by atoms with van der Waals surface area (Å²) >= 11 is 1.88. The Balaban J connectivity index is 0.000000228. The number of rotatable bonds is 16. The highest BCUT2D eigenvalue weighted by Gasteiger charge is 2.49. The van der Waals surface area contributed by atoms with E-state index in [0.29, 0.717) is 0 Å². The zero-order valence-electron chi connectivity index (χ0n) is 43.3. The van der Waals surface area contributed by atoms with Crippen LogP contribution in [0.5, 0.6) is 0 Å². The molecule has 0 amide bonds. The lowest BCUT2D eigenvalue weighted by atomic mass is 9.82. The predicted octanol–water partition coefficient (Wildman–Crippen LogP) is 29.9. The largest absolute Gasteiger partial charge is 0.309 e. The number of nitrogens with zero attached hydrogens (tertiary/aromatic N) is 1. The first-order valence-corrected chi connectivity index (χ1v) is 74.9. The maximum Gasteiger partial charge on any atom is 0.0543 e. The standard InChI is InChI=1S/C48H37NS.H30P28/c1-47(2)36-21-8-5-17-33(36)45-38(47)23-13-25-40(45)49(41-26-14-24-39-46(41)34-18-6-9-22-37(34)48(39,3)4)31-16-11-15-30(29-31)32-20-12-28-43-44(32)35-19-7-10-27-42(35)50-43;1-16(2)23(15)27(24(17(3)4)18(5)6)28(25(19(7)8)20(9)10)26(21(11)12)22(13)14/h5-29H,1-4H3;1-15H2. The first-order chi connectivity index (χ1) is 37.0. The van der Waals surface area contributed by atoms with Crippen LogP contribution in [0.2, 0.25) is 0 Å². The van der Waals surface area contributed by atoms with Gasteiger partial charge in [0.1, 0.15) is 0 Å². The third kappa shape index (κ3) is 14.4. The average Bonchev–Trinajstić information content (AvgIpc) is 4.20. The van der Waals surface area contributed by atoms with Crippen LogP contribution in [-0.2, 0) is 10.8 Å². The maximum absolute atomic E-state index is 3.43. The quantitative estimate of drug-likeness (QED) is 0.0872. The molecule has 0 radical (unpaired) electrons. The molecule has 410 valence electrons. The molecule has 0 aliphatic heterocycles. The normalized spacial score (nSPS) is 15.2. The molecule has 1 nitrogen and oxygen atoms in total. The molecule has 17 unspecified atom stereocenters. The van der Waals surface area contributed by atoms with Crippen molar-refractivity contribution >= 4 is 273 Å². The van der Waals surface area contributed by atoms with E-state index in [2.05, 4.69) is 318 Å². The lowest BCUT2D eigenvalue weighted by Crippen LogP contribution is -2.17. The molecule has 0 saturated heterocycles. The Hall–Kier alpha value is 6.60. The number of benzene rings is 7. The molecule has 1 heterocycles. The highest BCUT2D eigenvalue weighted by molar-refractivity contribution is 9.42. The summed E-state index contributed by atoms with van der Waals surface area (Å²) in [6.07, 6.45) is 0. The van der Waals surface area contributed by atoms with Crippen LogP contribution >= 0.6 is 236 Å². The van der Waals surface area contributed by atoms with Gasteiger partial charge in [-0.2, -0.15) is 0 Å². The number of thiophene rings is 1. The molecule has 2 aliphatic rings. The smallest absolute Gasteiger partial charge is 0.0543 e. The lowest BCUT2D eigenvalue weighted by Gasteiger charge is -2.51. The molecule has 17 atom stereocenters. The molecule has 10 rings (SSSR count). The van der Waals surface area contributed by atoms with Crippen LogP contribution in [0.3, 0.4) is 0 Å². The minimum absolute atomic E-state index is 0.00189. The van der Waals surface area contributed by atoms with Crippen LogP contribution in [0, 0.1) is 0 Å². The summed E-state index contributed by atoms with van der Waals surface area (Å²) in [5.41, 5.74) is 16.7. The molecule has 0 spiro atoms. The van der Waals surface area contributed by atoms with Crippen molar-refractivity contribution in [3.05, 3.63) is 174 Å². The zero-order valence-corrected chi connectivity index (χ0v) is 73.0. The molecule has 1 aromatic heterocycles. The number of hydrogen-bond acceptors (Lipinski definition) is 2. The summed E-state index contributed by atoms with van der Waals surface area (Å²) < 4.78 is 2.65. The topological polar surface area (TPSA) is 3.24 Å². The van der Waals surface area contributed by atoms with Crippen molar-refractivity contribution < 1.29 is 0 Å². The van der Waals surface area contributed by atoms with Gasteiger partial charge in [0.05, 0.1) is 11.4 Å². The van der Waals surface area contributed by atoms with Gasteiger partial charge < -0.3 is 4.90 Å². The van der Waals surface area contributed by atoms with Crippen molar-refractivity contribution in [3.8, 4) is 33.4 Å². The van der Waals surface area contributed by atoms with Crippen LogP contribution in [0.1, 0.15) is 49.9 Å². The van der Waals surface area contributed by atoms with Crippen LogP contribution in [0.25, 0.3) is 53.6 Å². The van der Waals surface area contributed by atoms with Gasteiger partial charge in [-0.25, -0.2) is 0 Å². The van der Waals surface area contributed by atoms with E-state index in [0.717, 1.165) is 5.69 Å². The molecule has 0 saturated carbocycles. The van der Waals surface area contributed by atoms with E-state index in [1.165, 1.54) is 87.2 Å². The number of fused-ring (bicyclic) bond motifs is 9. The van der Waals surface area contributed by atoms with E-state index in [1.54, 1.807) is 0 Å². The van der Waals surface area contributed by atoms with Crippen LogP contribution in [-0.4, -0.2) is 0 Å². The maximum atomic E-state index is 3.43. The fraction of sp³-hybridized carbons (Fsp3) is 0.125. The SMILES string of the molecule is CC1(C)c2ccccc2-c2c(N(c3cccc(-c4cccc5sc6ccccc6c45)c3)c3cccc4c3-c3ccccc3C4(C)C)cccc21.PP(P)P(P)P(P(P(P)P)P(P)P)P(P(P(P)P)P(P)P)P(P(P)P)P(P)P. The van der Waals surface area contributed by atoms with Gasteiger partial charge in [-0.3, -0.25) is 0 Å². The van der Waals surface area contributed by atoms with Gasteiger partial charge in [0.15, 0.2) is 0 Å². The Morgan fingerprint density at radius 1 is 0.359 bits per heavy atom. The summed E-state index contributed by atoms with van der Waals surface area (Å²) in [5.74, 6) is 0. The molecule has 0 bridgehead atoms. The molecular formula is C48H67NP28S. The summed E-state index contributed by atoms with van der Waals surface area (Å²) in [7, 11) is 49.0. The third-order valence-corrected chi connectivity index (χ3v) is 199. The Morgan fingerprint density at radius 2 is 0.756 bits per heavy atom. The molecule has 7 aromatic carbocycles. The first kappa shape index (κ1) is 69.0. The van der Waals surface area contributed by atoms with Crippen molar-refractivity contribution in [2.24, 2.45) is 0 Å². The van der Waals surface area contributed by atoms with E-state index in [1.807, 2.05) is 11.3 Å². The van der Waals surface area contributed by atoms with E-state index < -0.39 is 0 Å². The number of hydrogen-bond donors (Lipinski definition) is 0. The molecule has 2 aliphatic carbocycles. The van der Waals surface area contributed by atoms with E-state index in [-0.39, 0.29) is 102 Å². The van der Waals surface area contributed by atoms with E-state index in [4.69, 9.17) is 0 Å². The van der Waals surface area contributed by atoms with Gasteiger partial charge in [0.25, 0.3) is 0 Å². The van der Waals surface area contributed by atoms with E-state index in [9.17, 15) is 0 Å². The van der Waals surface area contributed by atoms with E-state index >= 15 is 0 Å². The highest BCUT2D eigenvalue weighted by Crippen LogP contribution is 3.37. The van der Waals surface area contributed by atoms with Gasteiger partial charge in [-0.1, -0.05) is 143 Å². The molecule has 0 N–H and O–H groups in total. The molecular weight excluding hydrogens is 1490 g/mol. The fourth-order valence-electron chi connectivity index (χ4n) is 10.5. The Bertz CT molecular complexity index is 3290. The second-order valence-corrected chi connectivity index (χ2v) is 133. The Kier molecular flexibility index (Phi) is 26.6. The minimum Gasteiger partial charge on any atom is -0.309 e. The monoisotopic (exact) mass is 1560 g/mol. The average molecular weight is 1560 g/mol. The van der Waals surface area contributed by atoms with Gasteiger partial charge in [0.2, 0.25) is 0 Å². The van der Waals surface area contributed by atoms with Crippen molar-refractivity contribution in [1.82, 2.24) is 0 Å². The van der Waals surface area contributed by atoms with Crippen molar-refractivity contribution in [2.45, 2.75) is 38.5 Å². The second-order valence-electron chi connectivity index (χ2n) is 19.2. The summed E-state index contributed by atoms with van der Waals surface area (Å²) in [5, 5.41) is 2.66. The van der Waals surface area contributed by atoms with Gasteiger partial charge in [-0.05, 0) is 172 Å². The molecule has 78 heavy (non-hydrogen) atoms. The van der Waals surface area contributed by atoms with Crippen LogP contribution in [0.4, 0.5) is 17.1 Å². The van der Waals surface area contributed by atoms with Crippen molar-refractivity contribution in [1.29, 1.82) is 0 Å². The van der Waals surface area contributed by atoms with Crippen LogP contribution < -0.4 is 4.90 Å². The van der Waals surface area contributed by atoms with Crippen LogP contribution in [0.15, 0.2) is 152 Å². The zero-order chi connectivity index (χ0) is 56.3. The Labute approximate surface area is 518 Å². The van der Waals surface area contributed by atoms with Crippen molar-refractivity contribution in [3.63, 3.8) is 0 Å². The Morgan fingerprint density at radius 3 is 1.24 bits per heavy atom. The fourth-order valence-corrected chi connectivity index (χ4v) is 364. The molecule has 30 heteroatoms. The lowest BCUT2D eigenvalue weighted by molar-refractivity contribution is 0.660. The number of anilines is 3. The summed E-state index contributed by atoms with van der Waals surface area (Å²) in [6.45, 7) is 9.48. The highest BCUT2D eigenvalue weighted by atomic mass is 33.5. The first-order valence-electron chi connectivity index (χ1n) is 23.9. The second kappa shape index (κ2) is 30.1. The van der Waals surface area contributed by atoms with Crippen molar-refractivity contribution in [2.75, 3.05) is 4.90 Å². The van der Waals surface area contributed by atoms with Gasteiger partial charge in [-0.15, -0.1) is 145 Å². The minimum atomic E-state index is -0.0989. The molecule has 0 fully saturated rings. The summed E-state index contributed by atoms with van der Waals surface area (Å²) in [4.78, 5) is 2.56. The van der Waals surface area contributed by atoms with Gasteiger partial charge >= 0.3 is 0 Å². The molecule has 8 aromatic rings. The third-order valence-electron chi connectivity index (χ3n) is 13.8.